The number of amides is 1. The van der Waals surface area contributed by atoms with Gasteiger partial charge in [0.1, 0.15) is 9.88 Å². The summed E-state index contributed by atoms with van der Waals surface area (Å²) in [5, 5.41) is 3.51. The maximum Gasteiger partial charge on any atom is 0.348 e. The monoisotopic (exact) mass is 449 g/mol. The minimum atomic E-state index is -0.612. The van der Waals surface area contributed by atoms with Crippen molar-refractivity contribution in [1.29, 1.82) is 0 Å². The van der Waals surface area contributed by atoms with E-state index in [0.29, 0.717) is 10.6 Å². The third-order valence-corrected chi connectivity index (χ3v) is 5.19. The van der Waals surface area contributed by atoms with E-state index >= 15 is 0 Å². The molecule has 160 valence electrons. The van der Waals surface area contributed by atoms with Gasteiger partial charge in [-0.05, 0) is 64.0 Å². The van der Waals surface area contributed by atoms with Crippen molar-refractivity contribution in [3.8, 4) is 0 Å². The van der Waals surface area contributed by atoms with Gasteiger partial charge in [-0.25, -0.2) is 9.59 Å². The molecule has 0 spiro atoms. The first-order chi connectivity index (χ1) is 14.1. The molecule has 8 heteroatoms. The number of nitrogens with one attached hydrogen (secondary N) is 1. The Labute approximate surface area is 184 Å². The number of hydrogen-bond donors (Lipinski definition) is 1. The average molecular weight is 450 g/mol. The van der Waals surface area contributed by atoms with Crippen LogP contribution in [0.4, 0.5) is 5.00 Å². The van der Waals surface area contributed by atoms with Gasteiger partial charge in [0.25, 0.3) is 0 Å². The predicted molar refractivity (Wildman–Crippen MR) is 119 cm³/mol. The van der Waals surface area contributed by atoms with Crippen molar-refractivity contribution in [1.82, 2.24) is 0 Å². The van der Waals surface area contributed by atoms with E-state index in [0.717, 1.165) is 16.9 Å². The van der Waals surface area contributed by atoms with E-state index in [2.05, 4.69) is 5.32 Å². The number of benzene rings is 1. The van der Waals surface area contributed by atoms with Gasteiger partial charge in [-0.2, -0.15) is 0 Å². The molecule has 0 atom stereocenters. The number of rotatable bonds is 7. The Morgan fingerprint density at radius 2 is 1.57 bits per heavy atom. The molecule has 0 bridgehead atoms. The maximum atomic E-state index is 12.6. The molecule has 0 aliphatic heterocycles. The van der Waals surface area contributed by atoms with Crippen LogP contribution in [0.1, 0.15) is 58.9 Å². The molecule has 1 aromatic heterocycles. The number of ether oxygens (including phenoxy) is 2. The lowest BCUT2D eigenvalue weighted by Crippen LogP contribution is -2.16. The summed E-state index contributed by atoms with van der Waals surface area (Å²) >= 11 is 6.84. The van der Waals surface area contributed by atoms with E-state index in [9.17, 15) is 14.4 Å². The van der Waals surface area contributed by atoms with Crippen molar-refractivity contribution in [2.24, 2.45) is 0 Å². The molecule has 1 aromatic carbocycles. The van der Waals surface area contributed by atoms with E-state index in [1.807, 2.05) is 0 Å². The summed E-state index contributed by atoms with van der Waals surface area (Å²) in [6.45, 7) is 8.54. The van der Waals surface area contributed by atoms with Gasteiger partial charge in [0, 0.05) is 11.1 Å². The maximum absolute atomic E-state index is 12.6. The van der Waals surface area contributed by atoms with Crippen LogP contribution in [0, 0.1) is 6.92 Å². The third kappa shape index (κ3) is 6.43. The molecule has 0 aliphatic rings. The van der Waals surface area contributed by atoms with E-state index in [1.54, 1.807) is 65.0 Å². The zero-order valence-electron chi connectivity index (χ0n) is 17.4. The van der Waals surface area contributed by atoms with Gasteiger partial charge in [0.2, 0.25) is 5.91 Å². The summed E-state index contributed by atoms with van der Waals surface area (Å²) in [6, 6.07) is 6.97. The molecule has 30 heavy (non-hydrogen) atoms. The second kappa shape index (κ2) is 10.4. The summed E-state index contributed by atoms with van der Waals surface area (Å²) in [6.07, 6.45) is 2.29. The van der Waals surface area contributed by atoms with Gasteiger partial charge in [-0.15, -0.1) is 11.3 Å². The van der Waals surface area contributed by atoms with Crippen LogP contribution < -0.4 is 5.32 Å². The molecule has 0 saturated heterocycles. The number of hydrogen-bond acceptors (Lipinski definition) is 6. The lowest BCUT2D eigenvalue weighted by molar-refractivity contribution is -0.111. The molecule has 6 nitrogen and oxygen atoms in total. The smallest absolute Gasteiger partial charge is 0.348 e. The third-order valence-electron chi connectivity index (χ3n) is 3.76. The van der Waals surface area contributed by atoms with Gasteiger partial charge < -0.3 is 14.8 Å². The highest BCUT2D eigenvalue weighted by Crippen LogP contribution is 2.34. The molecule has 1 amide bonds. The van der Waals surface area contributed by atoms with Crippen LogP contribution in [0.3, 0.4) is 0 Å². The second-order valence-corrected chi connectivity index (χ2v) is 8.50. The van der Waals surface area contributed by atoms with E-state index in [-0.39, 0.29) is 27.6 Å². The van der Waals surface area contributed by atoms with Crippen LogP contribution in [0.15, 0.2) is 30.3 Å². The molecule has 0 fully saturated rings. The minimum absolute atomic E-state index is 0.151. The molecular formula is C22H24ClNO5S. The van der Waals surface area contributed by atoms with Crippen LogP contribution in [-0.2, 0) is 14.3 Å². The normalized spacial score (nSPS) is 11.2. The first-order valence-electron chi connectivity index (χ1n) is 9.38. The highest BCUT2D eigenvalue weighted by Gasteiger charge is 2.28. The molecule has 0 unspecified atom stereocenters. The van der Waals surface area contributed by atoms with Crippen LogP contribution in [-0.4, -0.2) is 30.1 Å². The van der Waals surface area contributed by atoms with Gasteiger partial charge in [-0.1, -0.05) is 23.7 Å². The highest BCUT2D eigenvalue weighted by molar-refractivity contribution is 7.18. The van der Waals surface area contributed by atoms with Crippen LogP contribution in [0.25, 0.3) is 6.08 Å². The number of halogens is 1. The average Bonchev–Trinajstić information content (AvgIpc) is 2.96. The zero-order valence-corrected chi connectivity index (χ0v) is 19.0. The number of carbonyl (C=O) groups excluding carboxylic acids is 3. The lowest BCUT2D eigenvalue weighted by atomic mass is 10.1. The van der Waals surface area contributed by atoms with Crippen LogP contribution in [0.5, 0.6) is 0 Å². The molecule has 2 rings (SSSR count). The van der Waals surface area contributed by atoms with Crippen LogP contribution >= 0.6 is 22.9 Å². The summed E-state index contributed by atoms with van der Waals surface area (Å²) < 4.78 is 10.5. The Hall–Kier alpha value is -2.64. The molecule has 0 radical (unpaired) electrons. The molecule has 0 saturated carbocycles. The van der Waals surface area contributed by atoms with Gasteiger partial charge in [0.15, 0.2) is 0 Å². The largest absolute Gasteiger partial charge is 0.459 e. The Balaban J connectivity index is 2.31. The number of thiophene rings is 1. The zero-order chi connectivity index (χ0) is 22.4. The van der Waals surface area contributed by atoms with Crippen molar-refractivity contribution < 1.29 is 23.9 Å². The van der Waals surface area contributed by atoms with Crippen molar-refractivity contribution in [3.63, 3.8) is 0 Å². The van der Waals surface area contributed by atoms with E-state index in [4.69, 9.17) is 21.1 Å². The predicted octanol–water partition coefficient (Wildman–Crippen LogP) is 5.49. The highest BCUT2D eigenvalue weighted by atomic mass is 35.5. The standard InChI is InChI=1S/C22H24ClNO5S/c1-12(2)28-21(26)18-14(5)19(22(27)29-13(3)4)30-20(18)24-17(25)11-8-15-6-9-16(23)10-7-15/h6-13H,1-5H3,(H,24,25)/b11-8+. The fourth-order valence-corrected chi connectivity index (χ4v) is 3.69. The number of anilines is 1. The Kier molecular flexibility index (Phi) is 8.20. The molecular weight excluding hydrogens is 426 g/mol. The van der Waals surface area contributed by atoms with Gasteiger partial charge in [-0.3, -0.25) is 4.79 Å². The molecule has 2 aromatic rings. The fraction of sp³-hybridized carbons (Fsp3) is 0.318. The quantitative estimate of drug-likeness (QED) is 0.446. The summed E-state index contributed by atoms with van der Waals surface area (Å²) in [5.41, 5.74) is 1.35. The number of carbonyl (C=O) groups is 3. The van der Waals surface area contributed by atoms with Crippen molar-refractivity contribution >= 4 is 51.9 Å². The minimum Gasteiger partial charge on any atom is -0.459 e. The van der Waals surface area contributed by atoms with Gasteiger partial charge >= 0.3 is 11.9 Å². The topological polar surface area (TPSA) is 81.7 Å². The molecule has 1 heterocycles. The Morgan fingerprint density at radius 1 is 1.00 bits per heavy atom. The summed E-state index contributed by atoms with van der Waals surface area (Å²) in [4.78, 5) is 37.7. The lowest BCUT2D eigenvalue weighted by Gasteiger charge is -2.10. The number of esters is 2. The van der Waals surface area contributed by atoms with Crippen LogP contribution in [0.2, 0.25) is 5.02 Å². The molecule has 1 N–H and O–H groups in total. The first kappa shape index (κ1) is 23.6. The Bertz CT molecular complexity index is 961. The fourth-order valence-electron chi connectivity index (χ4n) is 2.48. The molecule has 0 aliphatic carbocycles. The van der Waals surface area contributed by atoms with E-state index in [1.165, 1.54) is 6.08 Å². The van der Waals surface area contributed by atoms with Crippen molar-refractivity contribution in [2.75, 3.05) is 5.32 Å². The summed E-state index contributed by atoms with van der Waals surface area (Å²) in [5.74, 6) is -1.61. The Morgan fingerprint density at radius 3 is 2.13 bits per heavy atom. The second-order valence-electron chi connectivity index (χ2n) is 7.04. The van der Waals surface area contributed by atoms with E-state index < -0.39 is 17.8 Å². The SMILES string of the molecule is Cc1c(C(=O)OC(C)C)sc(NC(=O)/C=C/c2ccc(Cl)cc2)c1C(=O)OC(C)C. The van der Waals surface area contributed by atoms with Crippen molar-refractivity contribution in [3.05, 3.63) is 56.9 Å². The van der Waals surface area contributed by atoms with Crippen molar-refractivity contribution in [2.45, 2.75) is 46.8 Å². The first-order valence-corrected chi connectivity index (χ1v) is 10.6. The summed E-state index contributed by atoms with van der Waals surface area (Å²) in [7, 11) is 0. The van der Waals surface area contributed by atoms with Gasteiger partial charge in [0.05, 0.1) is 17.8 Å².